The molecule has 5 heteroatoms. The first-order valence-electron chi connectivity index (χ1n) is 6.84. The summed E-state index contributed by atoms with van der Waals surface area (Å²) in [4.78, 5) is 6.87. The van der Waals surface area contributed by atoms with Crippen molar-refractivity contribution in [1.82, 2.24) is 19.7 Å². The molecule has 0 radical (unpaired) electrons. The summed E-state index contributed by atoms with van der Waals surface area (Å²) < 4.78 is 1.73. The molecular weight excluding hydrogens is 272 g/mol. The topological polar surface area (TPSA) is 34.0 Å². The normalized spacial score (nSPS) is 11.3. The Balaban J connectivity index is 2.13. The van der Waals surface area contributed by atoms with Crippen LogP contribution in [0.1, 0.15) is 29.6 Å². The summed E-state index contributed by atoms with van der Waals surface area (Å²) in [6, 6.07) is 6.13. The summed E-state index contributed by atoms with van der Waals surface area (Å²) in [6.45, 7) is 8.73. The van der Waals surface area contributed by atoms with Crippen molar-refractivity contribution in [1.29, 1.82) is 0 Å². The van der Waals surface area contributed by atoms with Crippen LogP contribution in [0, 0.1) is 13.8 Å². The summed E-state index contributed by atoms with van der Waals surface area (Å²) >= 11 is 6.30. The number of halogens is 1. The zero-order valence-corrected chi connectivity index (χ0v) is 13.3. The molecule has 0 atom stereocenters. The van der Waals surface area contributed by atoms with Crippen molar-refractivity contribution in [2.45, 2.75) is 33.9 Å². The fraction of sp³-hybridized carbons (Fsp3) is 0.467. The molecule has 0 aromatic carbocycles. The van der Waals surface area contributed by atoms with Crippen molar-refractivity contribution in [2.24, 2.45) is 7.05 Å². The first-order chi connectivity index (χ1) is 9.51. The zero-order chi connectivity index (χ0) is 14.7. The summed E-state index contributed by atoms with van der Waals surface area (Å²) in [5.74, 6) is 0. The van der Waals surface area contributed by atoms with E-state index >= 15 is 0 Å². The van der Waals surface area contributed by atoms with Crippen LogP contribution in [0.25, 0.3) is 0 Å². The predicted molar refractivity (Wildman–Crippen MR) is 81.7 cm³/mol. The average molecular weight is 293 g/mol. The molecule has 0 saturated carbocycles. The Hall–Kier alpha value is -1.39. The lowest BCUT2D eigenvalue weighted by atomic mass is 10.2. The first kappa shape index (κ1) is 15.0. The molecule has 0 fully saturated rings. The van der Waals surface area contributed by atoms with Gasteiger partial charge in [0.25, 0.3) is 0 Å². The highest BCUT2D eigenvalue weighted by atomic mass is 35.5. The van der Waals surface area contributed by atoms with Gasteiger partial charge in [-0.3, -0.25) is 14.6 Å². The summed E-state index contributed by atoms with van der Waals surface area (Å²) in [7, 11) is 1.87. The number of aryl methyl sites for hydroxylation is 3. The van der Waals surface area contributed by atoms with Gasteiger partial charge in [0.1, 0.15) is 5.15 Å². The Morgan fingerprint density at radius 2 is 2.00 bits per heavy atom. The molecule has 0 spiro atoms. The van der Waals surface area contributed by atoms with Crippen molar-refractivity contribution in [3.05, 3.63) is 46.0 Å². The maximum atomic E-state index is 6.30. The van der Waals surface area contributed by atoms with E-state index in [1.807, 2.05) is 33.0 Å². The van der Waals surface area contributed by atoms with E-state index in [9.17, 15) is 0 Å². The van der Waals surface area contributed by atoms with Crippen molar-refractivity contribution >= 4 is 11.6 Å². The van der Waals surface area contributed by atoms with Gasteiger partial charge in [-0.05, 0) is 32.5 Å². The van der Waals surface area contributed by atoms with Crippen LogP contribution >= 0.6 is 11.6 Å². The SMILES string of the molecule is CCN(Cc1cccc(C)n1)Cc1c(C)nn(C)c1Cl. The monoisotopic (exact) mass is 292 g/mol. The second-order valence-corrected chi connectivity index (χ2v) is 5.41. The molecule has 2 aromatic heterocycles. The molecule has 0 aliphatic rings. The lowest BCUT2D eigenvalue weighted by Gasteiger charge is -2.20. The zero-order valence-electron chi connectivity index (χ0n) is 12.5. The third-order valence-corrected chi connectivity index (χ3v) is 3.90. The van der Waals surface area contributed by atoms with Crippen LogP contribution in [0.5, 0.6) is 0 Å². The van der Waals surface area contributed by atoms with E-state index in [0.29, 0.717) is 0 Å². The predicted octanol–water partition coefficient (Wildman–Crippen LogP) is 3.11. The molecule has 2 aromatic rings. The van der Waals surface area contributed by atoms with Gasteiger partial charge in [-0.1, -0.05) is 24.6 Å². The molecule has 0 unspecified atom stereocenters. The minimum absolute atomic E-state index is 0.721. The molecule has 2 rings (SSSR count). The highest BCUT2D eigenvalue weighted by molar-refractivity contribution is 6.30. The Kier molecular flexibility index (Phi) is 4.78. The third kappa shape index (κ3) is 3.38. The third-order valence-electron chi connectivity index (χ3n) is 3.43. The quantitative estimate of drug-likeness (QED) is 0.849. The van der Waals surface area contributed by atoms with E-state index in [0.717, 1.165) is 47.4 Å². The standard InChI is InChI=1S/C15H21ClN4/c1-5-20(9-13-8-6-7-11(2)17-13)10-14-12(3)18-19(4)15(14)16/h6-8H,5,9-10H2,1-4H3. The Morgan fingerprint density at radius 3 is 2.55 bits per heavy atom. The van der Waals surface area contributed by atoms with Gasteiger partial charge in [-0.25, -0.2) is 0 Å². The maximum Gasteiger partial charge on any atom is 0.131 e. The van der Waals surface area contributed by atoms with Crippen molar-refractivity contribution < 1.29 is 0 Å². The van der Waals surface area contributed by atoms with Crippen molar-refractivity contribution in [3.63, 3.8) is 0 Å². The Labute approximate surface area is 125 Å². The number of rotatable bonds is 5. The van der Waals surface area contributed by atoms with Gasteiger partial charge in [0.15, 0.2) is 0 Å². The van der Waals surface area contributed by atoms with Crippen LogP contribution in [0.2, 0.25) is 5.15 Å². The minimum Gasteiger partial charge on any atom is -0.293 e. The molecule has 0 amide bonds. The van der Waals surface area contributed by atoms with Gasteiger partial charge in [0.05, 0.1) is 11.4 Å². The molecule has 0 saturated heterocycles. The van der Waals surface area contributed by atoms with E-state index in [2.05, 4.69) is 28.0 Å². The van der Waals surface area contributed by atoms with Crippen molar-refractivity contribution in [2.75, 3.05) is 6.54 Å². The lowest BCUT2D eigenvalue weighted by Crippen LogP contribution is -2.23. The highest BCUT2D eigenvalue weighted by Gasteiger charge is 2.15. The molecule has 2 heterocycles. The Bertz CT molecular complexity index is 592. The Morgan fingerprint density at radius 1 is 1.25 bits per heavy atom. The molecule has 4 nitrogen and oxygen atoms in total. The van der Waals surface area contributed by atoms with E-state index in [1.54, 1.807) is 4.68 Å². The molecule has 108 valence electrons. The first-order valence-corrected chi connectivity index (χ1v) is 7.22. The molecule has 0 aliphatic heterocycles. The summed E-state index contributed by atoms with van der Waals surface area (Å²) in [5, 5.41) is 5.08. The fourth-order valence-electron chi connectivity index (χ4n) is 2.27. The van der Waals surface area contributed by atoms with Crippen LogP contribution in [0.3, 0.4) is 0 Å². The number of pyridine rings is 1. The van der Waals surface area contributed by atoms with Crippen LogP contribution in [-0.4, -0.2) is 26.2 Å². The summed E-state index contributed by atoms with van der Waals surface area (Å²) in [6.07, 6.45) is 0. The minimum atomic E-state index is 0.721. The molecule has 0 bridgehead atoms. The van der Waals surface area contributed by atoms with Gasteiger partial charge in [0, 0.05) is 31.4 Å². The van der Waals surface area contributed by atoms with E-state index < -0.39 is 0 Å². The van der Waals surface area contributed by atoms with Crippen LogP contribution < -0.4 is 0 Å². The van der Waals surface area contributed by atoms with Crippen LogP contribution in [0.15, 0.2) is 18.2 Å². The number of hydrogen-bond donors (Lipinski definition) is 0. The van der Waals surface area contributed by atoms with E-state index in [-0.39, 0.29) is 0 Å². The van der Waals surface area contributed by atoms with Gasteiger partial charge in [-0.2, -0.15) is 5.10 Å². The van der Waals surface area contributed by atoms with Gasteiger partial charge >= 0.3 is 0 Å². The van der Waals surface area contributed by atoms with E-state index in [1.165, 1.54) is 0 Å². The van der Waals surface area contributed by atoms with E-state index in [4.69, 9.17) is 11.6 Å². The van der Waals surface area contributed by atoms with Crippen molar-refractivity contribution in [3.8, 4) is 0 Å². The van der Waals surface area contributed by atoms with Crippen LogP contribution in [-0.2, 0) is 20.1 Å². The number of aromatic nitrogens is 3. The molecular formula is C15H21ClN4. The summed E-state index contributed by atoms with van der Waals surface area (Å²) in [5.41, 5.74) is 4.23. The maximum absolute atomic E-state index is 6.30. The fourth-order valence-corrected chi connectivity index (χ4v) is 2.51. The molecule has 0 aliphatic carbocycles. The van der Waals surface area contributed by atoms with Gasteiger partial charge in [0.2, 0.25) is 0 Å². The van der Waals surface area contributed by atoms with Crippen LogP contribution in [0.4, 0.5) is 0 Å². The largest absolute Gasteiger partial charge is 0.293 e. The van der Waals surface area contributed by atoms with Gasteiger partial charge < -0.3 is 0 Å². The highest BCUT2D eigenvalue weighted by Crippen LogP contribution is 2.21. The lowest BCUT2D eigenvalue weighted by molar-refractivity contribution is 0.267. The molecule has 20 heavy (non-hydrogen) atoms. The number of hydrogen-bond acceptors (Lipinski definition) is 3. The smallest absolute Gasteiger partial charge is 0.131 e. The second-order valence-electron chi connectivity index (χ2n) is 5.05. The number of nitrogens with zero attached hydrogens (tertiary/aromatic N) is 4. The average Bonchev–Trinajstić information content (AvgIpc) is 2.64. The van der Waals surface area contributed by atoms with Gasteiger partial charge in [-0.15, -0.1) is 0 Å². The second kappa shape index (κ2) is 6.37. The molecule has 0 N–H and O–H groups in total.